The second kappa shape index (κ2) is 10.0. The zero-order chi connectivity index (χ0) is 21.6. The minimum absolute atomic E-state index is 0.000185. The van der Waals surface area contributed by atoms with E-state index in [4.69, 9.17) is 28.6 Å². The van der Waals surface area contributed by atoms with Gasteiger partial charge in [0.05, 0.1) is 4.47 Å². The van der Waals surface area contributed by atoms with Crippen LogP contribution in [0.25, 0.3) is 0 Å². The molecule has 3 N–H and O–H groups in total. The highest BCUT2D eigenvalue weighted by Gasteiger charge is 2.15. The van der Waals surface area contributed by atoms with Crippen LogP contribution in [0, 0.1) is 0 Å². The molecule has 29 heavy (non-hydrogen) atoms. The molecule has 0 bridgehead atoms. The maximum absolute atomic E-state index is 12.2. The Hall–Kier alpha value is -2.16. The standard InChI is InChI=1S/C20H21BrClN3O3S/c1-20(2,3)13-6-4-12(5-7-13)18(27)23-19(29)25-24-17(26)11-28-16-9-8-14(22)10-15(16)21/h4-10H,11H2,1-3H3,(H,24,26)(H2,23,25,27,29). The molecule has 6 nitrogen and oxygen atoms in total. The lowest BCUT2D eigenvalue weighted by molar-refractivity contribution is -0.123. The fourth-order valence-corrected chi connectivity index (χ4v) is 3.17. The Labute approximate surface area is 188 Å². The van der Waals surface area contributed by atoms with Crippen LogP contribution < -0.4 is 20.9 Å². The predicted octanol–water partition coefficient (Wildman–Crippen LogP) is 4.11. The summed E-state index contributed by atoms with van der Waals surface area (Å²) in [6.07, 6.45) is 0. The number of benzene rings is 2. The van der Waals surface area contributed by atoms with Crippen LogP contribution in [0.15, 0.2) is 46.9 Å². The fourth-order valence-electron chi connectivity index (χ4n) is 2.23. The number of ether oxygens (including phenoxy) is 1. The highest BCUT2D eigenvalue weighted by Crippen LogP contribution is 2.27. The number of hydrogen-bond acceptors (Lipinski definition) is 4. The zero-order valence-corrected chi connectivity index (χ0v) is 19.3. The summed E-state index contributed by atoms with van der Waals surface area (Å²) in [4.78, 5) is 24.1. The molecule has 0 fully saturated rings. The van der Waals surface area contributed by atoms with Gasteiger partial charge in [-0.1, -0.05) is 44.5 Å². The van der Waals surface area contributed by atoms with Gasteiger partial charge >= 0.3 is 0 Å². The molecule has 2 rings (SSSR count). The van der Waals surface area contributed by atoms with Crippen LogP contribution in [0.2, 0.25) is 5.02 Å². The molecule has 0 radical (unpaired) electrons. The summed E-state index contributed by atoms with van der Waals surface area (Å²) in [6.45, 7) is 6.04. The number of hydrogen-bond donors (Lipinski definition) is 3. The summed E-state index contributed by atoms with van der Waals surface area (Å²) in [5.74, 6) is -0.379. The Morgan fingerprint density at radius 3 is 2.34 bits per heavy atom. The van der Waals surface area contributed by atoms with Gasteiger partial charge in [-0.3, -0.25) is 25.8 Å². The molecule has 2 aromatic carbocycles. The lowest BCUT2D eigenvalue weighted by Crippen LogP contribution is -2.49. The highest BCUT2D eigenvalue weighted by atomic mass is 79.9. The molecule has 0 saturated heterocycles. The third kappa shape index (κ3) is 7.30. The fraction of sp³-hybridized carbons (Fsp3) is 0.250. The zero-order valence-electron chi connectivity index (χ0n) is 16.1. The smallest absolute Gasteiger partial charge is 0.276 e. The number of hydrazine groups is 1. The summed E-state index contributed by atoms with van der Waals surface area (Å²) in [5.41, 5.74) is 6.41. The molecule has 0 heterocycles. The summed E-state index contributed by atoms with van der Waals surface area (Å²) in [6, 6.07) is 12.2. The normalized spacial score (nSPS) is 10.8. The average molecular weight is 499 g/mol. The number of carbonyl (C=O) groups excluding carboxylic acids is 2. The molecule has 0 aliphatic carbocycles. The molecular weight excluding hydrogens is 478 g/mol. The third-order valence-electron chi connectivity index (χ3n) is 3.81. The molecule has 0 aliphatic heterocycles. The van der Waals surface area contributed by atoms with Crippen molar-refractivity contribution >= 4 is 56.7 Å². The predicted molar refractivity (Wildman–Crippen MR) is 121 cm³/mol. The van der Waals surface area contributed by atoms with E-state index in [1.54, 1.807) is 30.3 Å². The summed E-state index contributed by atoms with van der Waals surface area (Å²) in [7, 11) is 0. The molecule has 0 aromatic heterocycles. The van der Waals surface area contributed by atoms with E-state index >= 15 is 0 Å². The van der Waals surface area contributed by atoms with Crippen molar-refractivity contribution in [1.82, 2.24) is 16.2 Å². The maximum Gasteiger partial charge on any atom is 0.276 e. The van der Waals surface area contributed by atoms with Crippen molar-refractivity contribution in [2.24, 2.45) is 0 Å². The molecule has 9 heteroatoms. The minimum atomic E-state index is -0.474. The van der Waals surface area contributed by atoms with E-state index in [1.165, 1.54) is 0 Å². The molecule has 0 saturated carbocycles. The lowest BCUT2D eigenvalue weighted by Gasteiger charge is -2.19. The monoisotopic (exact) mass is 497 g/mol. The first-order valence-electron chi connectivity index (χ1n) is 8.65. The molecule has 2 amide bonds. The van der Waals surface area contributed by atoms with Gasteiger partial charge in [0.15, 0.2) is 11.7 Å². The second-order valence-electron chi connectivity index (χ2n) is 7.15. The Balaban J connectivity index is 1.78. The topological polar surface area (TPSA) is 79.5 Å². The Morgan fingerprint density at radius 1 is 1.10 bits per heavy atom. The van der Waals surface area contributed by atoms with E-state index in [0.717, 1.165) is 5.56 Å². The summed E-state index contributed by atoms with van der Waals surface area (Å²) >= 11 is 14.2. The Morgan fingerprint density at radius 2 is 1.76 bits per heavy atom. The van der Waals surface area contributed by atoms with Crippen molar-refractivity contribution in [1.29, 1.82) is 0 Å². The molecule has 2 aromatic rings. The molecule has 0 unspecified atom stereocenters. The van der Waals surface area contributed by atoms with Crippen LogP contribution >= 0.6 is 39.7 Å². The van der Waals surface area contributed by atoms with Gasteiger partial charge in [0, 0.05) is 10.6 Å². The van der Waals surface area contributed by atoms with Gasteiger partial charge in [-0.05, 0) is 69.5 Å². The van der Waals surface area contributed by atoms with E-state index < -0.39 is 5.91 Å². The van der Waals surface area contributed by atoms with Gasteiger partial charge in [-0.25, -0.2) is 0 Å². The Bertz CT molecular complexity index is 914. The molecule has 0 aliphatic rings. The number of carbonyl (C=O) groups is 2. The van der Waals surface area contributed by atoms with Crippen LogP contribution in [0.1, 0.15) is 36.7 Å². The highest BCUT2D eigenvalue weighted by molar-refractivity contribution is 9.10. The van der Waals surface area contributed by atoms with Gasteiger partial charge < -0.3 is 4.74 Å². The molecule has 0 spiro atoms. The Kier molecular flexibility index (Phi) is 8.01. The van der Waals surface area contributed by atoms with E-state index in [2.05, 4.69) is 52.9 Å². The first-order chi connectivity index (χ1) is 13.6. The van der Waals surface area contributed by atoms with Crippen molar-refractivity contribution < 1.29 is 14.3 Å². The third-order valence-corrected chi connectivity index (χ3v) is 4.87. The second-order valence-corrected chi connectivity index (χ2v) is 8.85. The summed E-state index contributed by atoms with van der Waals surface area (Å²) in [5, 5.41) is 3.02. The number of rotatable bonds is 4. The van der Waals surface area contributed by atoms with E-state index in [-0.39, 0.29) is 23.0 Å². The molecule has 154 valence electrons. The van der Waals surface area contributed by atoms with Crippen molar-refractivity contribution in [2.45, 2.75) is 26.2 Å². The van der Waals surface area contributed by atoms with E-state index in [1.807, 2.05) is 12.1 Å². The van der Waals surface area contributed by atoms with Crippen molar-refractivity contribution in [2.75, 3.05) is 6.61 Å². The largest absolute Gasteiger partial charge is 0.483 e. The lowest BCUT2D eigenvalue weighted by atomic mass is 9.87. The quantitative estimate of drug-likeness (QED) is 0.437. The van der Waals surface area contributed by atoms with Crippen LogP contribution in [-0.4, -0.2) is 23.5 Å². The average Bonchev–Trinajstić information content (AvgIpc) is 2.65. The van der Waals surface area contributed by atoms with Crippen molar-refractivity contribution in [3.63, 3.8) is 0 Å². The number of amides is 2. The minimum Gasteiger partial charge on any atom is -0.483 e. The van der Waals surface area contributed by atoms with Crippen molar-refractivity contribution in [3.8, 4) is 5.75 Å². The van der Waals surface area contributed by atoms with Crippen LogP contribution in [0.4, 0.5) is 0 Å². The van der Waals surface area contributed by atoms with Gasteiger partial charge in [-0.2, -0.15) is 0 Å². The van der Waals surface area contributed by atoms with Gasteiger partial charge in [0.1, 0.15) is 5.75 Å². The SMILES string of the molecule is CC(C)(C)c1ccc(C(=O)NC(=S)NNC(=O)COc2ccc(Cl)cc2Br)cc1. The number of nitrogens with one attached hydrogen (secondary N) is 3. The van der Waals surface area contributed by atoms with Gasteiger partial charge in [0.2, 0.25) is 0 Å². The van der Waals surface area contributed by atoms with Crippen LogP contribution in [-0.2, 0) is 10.2 Å². The van der Waals surface area contributed by atoms with Gasteiger partial charge in [-0.15, -0.1) is 0 Å². The first-order valence-corrected chi connectivity index (χ1v) is 10.2. The van der Waals surface area contributed by atoms with E-state index in [9.17, 15) is 9.59 Å². The van der Waals surface area contributed by atoms with Crippen LogP contribution in [0.5, 0.6) is 5.75 Å². The number of thiocarbonyl (C=S) groups is 1. The molecular formula is C20H21BrClN3O3S. The maximum atomic E-state index is 12.2. The number of halogens is 2. The van der Waals surface area contributed by atoms with E-state index in [0.29, 0.717) is 20.8 Å². The van der Waals surface area contributed by atoms with Crippen LogP contribution in [0.3, 0.4) is 0 Å². The van der Waals surface area contributed by atoms with Gasteiger partial charge in [0.25, 0.3) is 11.8 Å². The van der Waals surface area contributed by atoms with Crippen molar-refractivity contribution in [3.05, 3.63) is 63.1 Å². The summed E-state index contributed by atoms with van der Waals surface area (Å²) < 4.78 is 6.02. The first kappa shape index (κ1) is 23.1. The molecule has 0 atom stereocenters.